The molecule has 1 aromatic carbocycles. The molecule has 2 fully saturated rings. The molecule has 0 aromatic heterocycles. The standard InChI is InChI=1S/C23H33N3O4/c1-17(2)30-21(27)15-20(18-9-4-3-5-10-18)24-22(28)19-11-8-14-26(16-19)23(29)25-12-6-7-13-25/h3-5,9-10,17,19-20H,6-8,11-16H2,1-2H3,(H,24,28)/t19-,20-/m1/s1. The number of amides is 3. The molecule has 0 aliphatic carbocycles. The first-order chi connectivity index (χ1) is 14.4. The van der Waals surface area contributed by atoms with E-state index in [0.29, 0.717) is 13.1 Å². The van der Waals surface area contributed by atoms with Crippen molar-refractivity contribution in [1.82, 2.24) is 15.1 Å². The molecule has 0 saturated carbocycles. The molecule has 2 saturated heterocycles. The Hall–Kier alpha value is -2.57. The second kappa shape index (κ2) is 10.5. The van der Waals surface area contributed by atoms with Gasteiger partial charge in [-0.2, -0.15) is 0 Å². The zero-order chi connectivity index (χ0) is 21.5. The molecular formula is C23H33N3O4. The molecule has 0 radical (unpaired) electrons. The van der Waals surface area contributed by atoms with E-state index in [1.54, 1.807) is 0 Å². The number of piperidine rings is 1. The topological polar surface area (TPSA) is 79.0 Å². The van der Waals surface area contributed by atoms with Gasteiger partial charge >= 0.3 is 12.0 Å². The van der Waals surface area contributed by atoms with Crippen LogP contribution in [0.5, 0.6) is 0 Å². The van der Waals surface area contributed by atoms with Crippen LogP contribution in [0.15, 0.2) is 30.3 Å². The third kappa shape index (κ3) is 5.97. The molecule has 2 atom stereocenters. The van der Waals surface area contributed by atoms with Crippen molar-refractivity contribution in [3.05, 3.63) is 35.9 Å². The van der Waals surface area contributed by atoms with Crippen LogP contribution in [0.2, 0.25) is 0 Å². The Kier molecular flexibility index (Phi) is 7.71. The van der Waals surface area contributed by atoms with E-state index in [-0.39, 0.29) is 36.4 Å². The molecule has 3 rings (SSSR count). The number of rotatable bonds is 6. The van der Waals surface area contributed by atoms with Crippen LogP contribution in [0, 0.1) is 5.92 Å². The number of hydrogen-bond acceptors (Lipinski definition) is 4. The van der Waals surface area contributed by atoms with Gasteiger partial charge in [-0.15, -0.1) is 0 Å². The van der Waals surface area contributed by atoms with Gasteiger partial charge in [0.1, 0.15) is 0 Å². The van der Waals surface area contributed by atoms with E-state index in [4.69, 9.17) is 4.74 Å². The highest BCUT2D eigenvalue weighted by Gasteiger charge is 2.32. The van der Waals surface area contributed by atoms with Crippen molar-refractivity contribution in [2.45, 2.75) is 58.1 Å². The molecule has 30 heavy (non-hydrogen) atoms. The largest absolute Gasteiger partial charge is 0.463 e. The number of ether oxygens (including phenoxy) is 1. The molecule has 1 N–H and O–H groups in total. The van der Waals surface area contributed by atoms with Crippen molar-refractivity contribution in [3.8, 4) is 0 Å². The van der Waals surface area contributed by atoms with Crippen LogP contribution in [0.3, 0.4) is 0 Å². The van der Waals surface area contributed by atoms with Crippen molar-refractivity contribution in [1.29, 1.82) is 0 Å². The van der Waals surface area contributed by atoms with Gasteiger partial charge in [-0.1, -0.05) is 30.3 Å². The minimum absolute atomic E-state index is 0.0464. The summed E-state index contributed by atoms with van der Waals surface area (Å²) in [6, 6.07) is 9.07. The predicted molar refractivity (Wildman–Crippen MR) is 114 cm³/mol. The zero-order valence-corrected chi connectivity index (χ0v) is 18.0. The van der Waals surface area contributed by atoms with Crippen molar-refractivity contribution in [2.75, 3.05) is 26.2 Å². The maximum Gasteiger partial charge on any atom is 0.320 e. The summed E-state index contributed by atoms with van der Waals surface area (Å²) in [5.74, 6) is -0.716. The van der Waals surface area contributed by atoms with Gasteiger partial charge in [0.05, 0.1) is 24.5 Å². The molecule has 0 bridgehead atoms. The minimum atomic E-state index is -0.449. The maximum absolute atomic E-state index is 13.1. The predicted octanol–water partition coefficient (Wildman–Crippen LogP) is 3.11. The fraction of sp³-hybridized carbons (Fsp3) is 0.609. The lowest BCUT2D eigenvalue weighted by molar-refractivity contribution is -0.148. The molecule has 0 unspecified atom stereocenters. The van der Waals surface area contributed by atoms with E-state index in [1.165, 1.54) is 0 Å². The molecule has 2 aliphatic rings. The van der Waals surface area contributed by atoms with Crippen LogP contribution in [0.4, 0.5) is 4.79 Å². The first kappa shape index (κ1) is 22.1. The van der Waals surface area contributed by atoms with E-state index in [9.17, 15) is 14.4 Å². The van der Waals surface area contributed by atoms with Gasteiger partial charge in [-0.05, 0) is 45.1 Å². The summed E-state index contributed by atoms with van der Waals surface area (Å²) in [5.41, 5.74) is 0.868. The van der Waals surface area contributed by atoms with Crippen molar-refractivity contribution in [3.63, 3.8) is 0 Å². The quantitative estimate of drug-likeness (QED) is 0.724. The Balaban J connectivity index is 1.63. The molecular weight excluding hydrogens is 382 g/mol. The molecule has 2 aliphatic heterocycles. The van der Waals surface area contributed by atoms with Gasteiger partial charge in [0, 0.05) is 26.2 Å². The van der Waals surface area contributed by atoms with Crippen LogP contribution < -0.4 is 5.32 Å². The van der Waals surface area contributed by atoms with E-state index in [2.05, 4.69) is 5.32 Å². The first-order valence-electron chi connectivity index (χ1n) is 11.0. The molecule has 2 heterocycles. The van der Waals surface area contributed by atoms with Crippen LogP contribution in [-0.2, 0) is 14.3 Å². The summed E-state index contributed by atoms with van der Waals surface area (Å²) in [6.45, 7) is 6.35. The highest BCUT2D eigenvalue weighted by Crippen LogP contribution is 2.23. The van der Waals surface area contributed by atoms with Gasteiger partial charge in [-0.3, -0.25) is 9.59 Å². The second-order valence-electron chi connectivity index (χ2n) is 8.48. The van der Waals surface area contributed by atoms with Gasteiger partial charge in [0.2, 0.25) is 5.91 Å². The third-order valence-electron chi connectivity index (χ3n) is 5.70. The van der Waals surface area contributed by atoms with Gasteiger partial charge < -0.3 is 19.9 Å². The monoisotopic (exact) mass is 415 g/mol. The Labute approximate surface area is 178 Å². The molecule has 1 aromatic rings. The van der Waals surface area contributed by atoms with Gasteiger partial charge in [0.25, 0.3) is 0 Å². The van der Waals surface area contributed by atoms with Crippen LogP contribution in [0.1, 0.15) is 57.6 Å². The van der Waals surface area contributed by atoms with E-state index < -0.39 is 6.04 Å². The zero-order valence-electron chi connectivity index (χ0n) is 18.0. The SMILES string of the molecule is CC(C)OC(=O)C[C@@H](NC(=O)[C@@H]1CCCN(C(=O)N2CCCC2)C1)c1ccccc1. The number of benzene rings is 1. The summed E-state index contributed by atoms with van der Waals surface area (Å²) in [7, 11) is 0. The number of nitrogens with zero attached hydrogens (tertiary/aromatic N) is 2. The summed E-state index contributed by atoms with van der Waals surface area (Å²) >= 11 is 0. The molecule has 0 spiro atoms. The van der Waals surface area contributed by atoms with E-state index >= 15 is 0 Å². The average Bonchev–Trinajstić information content (AvgIpc) is 3.27. The van der Waals surface area contributed by atoms with Crippen LogP contribution in [-0.4, -0.2) is 60.0 Å². The van der Waals surface area contributed by atoms with Crippen molar-refractivity contribution in [2.24, 2.45) is 5.92 Å². The van der Waals surface area contributed by atoms with Gasteiger partial charge in [0.15, 0.2) is 0 Å². The lowest BCUT2D eigenvalue weighted by Gasteiger charge is -2.35. The Morgan fingerprint density at radius 2 is 1.70 bits per heavy atom. The number of carbonyl (C=O) groups is 3. The minimum Gasteiger partial charge on any atom is -0.463 e. The highest BCUT2D eigenvalue weighted by molar-refractivity contribution is 5.82. The normalized spacial score (nSPS) is 20.2. The van der Waals surface area contributed by atoms with Gasteiger partial charge in [-0.25, -0.2) is 4.79 Å². The van der Waals surface area contributed by atoms with Crippen molar-refractivity contribution >= 4 is 17.9 Å². The Morgan fingerprint density at radius 3 is 2.37 bits per heavy atom. The third-order valence-corrected chi connectivity index (χ3v) is 5.70. The number of likely N-dealkylation sites (tertiary alicyclic amines) is 2. The lowest BCUT2D eigenvalue weighted by Crippen LogP contribution is -2.50. The number of hydrogen-bond donors (Lipinski definition) is 1. The highest BCUT2D eigenvalue weighted by atomic mass is 16.5. The summed E-state index contributed by atoms with van der Waals surface area (Å²) in [4.78, 5) is 41.7. The summed E-state index contributed by atoms with van der Waals surface area (Å²) in [5, 5.41) is 3.04. The summed E-state index contributed by atoms with van der Waals surface area (Å²) in [6.07, 6.45) is 3.53. The summed E-state index contributed by atoms with van der Waals surface area (Å²) < 4.78 is 5.29. The van der Waals surface area contributed by atoms with E-state index in [0.717, 1.165) is 44.3 Å². The molecule has 7 nitrogen and oxygen atoms in total. The maximum atomic E-state index is 13.1. The molecule has 164 valence electrons. The van der Waals surface area contributed by atoms with Crippen molar-refractivity contribution < 1.29 is 19.1 Å². The lowest BCUT2D eigenvalue weighted by atomic mass is 9.95. The fourth-order valence-corrected chi connectivity index (χ4v) is 4.18. The number of nitrogens with one attached hydrogen (secondary N) is 1. The fourth-order valence-electron chi connectivity index (χ4n) is 4.18. The molecule has 7 heteroatoms. The van der Waals surface area contributed by atoms with E-state index in [1.807, 2.05) is 54.0 Å². The second-order valence-corrected chi connectivity index (χ2v) is 8.48. The number of carbonyl (C=O) groups excluding carboxylic acids is 3. The van der Waals surface area contributed by atoms with Crippen LogP contribution in [0.25, 0.3) is 0 Å². The number of esters is 1. The van der Waals surface area contributed by atoms with Crippen LogP contribution >= 0.6 is 0 Å². The Bertz CT molecular complexity index is 731. The Morgan fingerprint density at radius 1 is 1.03 bits per heavy atom. The average molecular weight is 416 g/mol. The number of urea groups is 1. The molecule has 3 amide bonds. The smallest absolute Gasteiger partial charge is 0.320 e. The first-order valence-corrected chi connectivity index (χ1v) is 11.0.